The molecule has 1 spiro atoms. The zero-order valence-corrected chi connectivity index (χ0v) is 17.6. The van der Waals surface area contributed by atoms with E-state index in [0.717, 1.165) is 36.9 Å². The average molecular weight is 446 g/mol. The second-order valence-corrected chi connectivity index (χ2v) is 7.26. The fourth-order valence-corrected chi connectivity index (χ4v) is 4.32. The molecule has 0 atom stereocenters. The molecule has 0 bridgehead atoms. The standard InChI is InChI=1S/C18H30N4O.HI/c1-14-16(15(2)23-21-14)7-11-20-17(19-3)22-12-10-18(13-22)8-5-4-6-9-18;/h4-13H2,1-3H3,(H,19,20);1H. The number of hydrogen-bond acceptors (Lipinski definition) is 3. The maximum atomic E-state index is 5.24. The van der Waals surface area contributed by atoms with Gasteiger partial charge < -0.3 is 14.7 Å². The predicted octanol–water partition coefficient (Wildman–Crippen LogP) is 3.68. The Morgan fingerprint density at radius 2 is 2.00 bits per heavy atom. The average Bonchev–Trinajstić information content (AvgIpc) is 3.10. The minimum atomic E-state index is 0. The smallest absolute Gasteiger partial charge is 0.193 e. The van der Waals surface area contributed by atoms with Gasteiger partial charge in [0.15, 0.2) is 5.96 Å². The molecular formula is C18H31IN4O. The van der Waals surface area contributed by atoms with E-state index in [0.29, 0.717) is 5.41 Å². The summed E-state index contributed by atoms with van der Waals surface area (Å²) in [6.07, 6.45) is 9.31. The summed E-state index contributed by atoms with van der Waals surface area (Å²) in [7, 11) is 1.89. The van der Waals surface area contributed by atoms with Gasteiger partial charge in [0.25, 0.3) is 0 Å². The Morgan fingerprint density at radius 3 is 2.62 bits per heavy atom. The van der Waals surface area contributed by atoms with E-state index >= 15 is 0 Å². The summed E-state index contributed by atoms with van der Waals surface area (Å²) in [5.41, 5.74) is 2.79. The van der Waals surface area contributed by atoms with Crippen molar-refractivity contribution in [2.45, 2.75) is 58.8 Å². The zero-order valence-electron chi connectivity index (χ0n) is 15.2. The van der Waals surface area contributed by atoms with E-state index in [-0.39, 0.29) is 24.0 Å². The monoisotopic (exact) mass is 446 g/mol. The molecule has 0 unspecified atom stereocenters. The molecule has 1 saturated heterocycles. The van der Waals surface area contributed by atoms with Crippen LogP contribution in [0.3, 0.4) is 0 Å². The molecule has 1 aromatic heterocycles. The van der Waals surface area contributed by atoms with E-state index in [1.54, 1.807) is 0 Å². The number of aromatic nitrogens is 1. The van der Waals surface area contributed by atoms with Gasteiger partial charge in [-0.3, -0.25) is 4.99 Å². The molecule has 2 fully saturated rings. The van der Waals surface area contributed by atoms with Gasteiger partial charge in [0.2, 0.25) is 0 Å². The summed E-state index contributed by atoms with van der Waals surface area (Å²) in [5, 5.41) is 7.56. The van der Waals surface area contributed by atoms with Gasteiger partial charge in [0, 0.05) is 32.2 Å². The van der Waals surface area contributed by atoms with Crippen LogP contribution in [0.25, 0.3) is 0 Å². The van der Waals surface area contributed by atoms with E-state index in [1.165, 1.54) is 50.6 Å². The van der Waals surface area contributed by atoms with Gasteiger partial charge in [-0.25, -0.2) is 0 Å². The topological polar surface area (TPSA) is 53.7 Å². The first-order chi connectivity index (χ1) is 11.1. The third-order valence-corrected chi connectivity index (χ3v) is 5.70. The lowest BCUT2D eigenvalue weighted by Crippen LogP contribution is -2.42. The SMILES string of the molecule is CN=C(NCCc1c(C)noc1C)N1CCC2(CCCCC2)C1.I. The van der Waals surface area contributed by atoms with Gasteiger partial charge in [-0.15, -0.1) is 24.0 Å². The van der Waals surface area contributed by atoms with Crippen molar-refractivity contribution in [2.24, 2.45) is 10.4 Å². The number of rotatable bonds is 3. The summed E-state index contributed by atoms with van der Waals surface area (Å²) in [6, 6.07) is 0. The number of aliphatic imine (C=N–C) groups is 1. The molecular weight excluding hydrogens is 415 g/mol. The third-order valence-electron chi connectivity index (χ3n) is 5.70. The molecule has 3 rings (SSSR count). The highest BCUT2D eigenvalue weighted by molar-refractivity contribution is 14.0. The van der Waals surface area contributed by atoms with Crippen molar-refractivity contribution < 1.29 is 4.52 Å². The van der Waals surface area contributed by atoms with Crippen LogP contribution >= 0.6 is 24.0 Å². The molecule has 1 saturated carbocycles. The van der Waals surface area contributed by atoms with Crippen LogP contribution in [0, 0.1) is 19.3 Å². The number of guanidine groups is 1. The van der Waals surface area contributed by atoms with E-state index in [4.69, 9.17) is 4.52 Å². The molecule has 2 heterocycles. The van der Waals surface area contributed by atoms with Crippen LogP contribution in [-0.2, 0) is 6.42 Å². The molecule has 1 aliphatic carbocycles. The predicted molar refractivity (Wildman–Crippen MR) is 108 cm³/mol. The van der Waals surface area contributed by atoms with Gasteiger partial charge in [-0.1, -0.05) is 24.4 Å². The first-order valence-electron chi connectivity index (χ1n) is 9.01. The first kappa shape index (κ1) is 19.5. The fourth-order valence-electron chi connectivity index (χ4n) is 4.32. The Balaban J connectivity index is 0.00000208. The van der Waals surface area contributed by atoms with E-state index in [1.807, 2.05) is 20.9 Å². The largest absolute Gasteiger partial charge is 0.361 e. The van der Waals surface area contributed by atoms with Gasteiger partial charge in [-0.2, -0.15) is 0 Å². The lowest BCUT2D eigenvalue weighted by molar-refractivity contribution is 0.203. The van der Waals surface area contributed by atoms with Crippen molar-refractivity contribution in [2.75, 3.05) is 26.7 Å². The molecule has 1 aliphatic heterocycles. The fraction of sp³-hybridized carbons (Fsp3) is 0.778. The van der Waals surface area contributed by atoms with Crippen LogP contribution in [0.15, 0.2) is 9.52 Å². The van der Waals surface area contributed by atoms with Gasteiger partial charge >= 0.3 is 0 Å². The molecule has 6 heteroatoms. The van der Waals surface area contributed by atoms with Crippen LogP contribution in [0.4, 0.5) is 0 Å². The molecule has 0 aromatic carbocycles. The maximum Gasteiger partial charge on any atom is 0.193 e. The summed E-state index contributed by atoms with van der Waals surface area (Å²) in [6.45, 7) is 7.19. The minimum absolute atomic E-state index is 0. The molecule has 24 heavy (non-hydrogen) atoms. The number of likely N-dealkylation sites (tertiary alicyclic amines) is 1. The molecule has 0 radical (unpaired) electrons. The number of aryl methyl sites for hydroxylation is 2. The molecule has 1 aromatic rings. The van der Waals surface area contributed by atoms with Crippen LogP contribution in [-0.4, -0.2) is 42.7 Å². The summed E-state index contributed by atoms with van der Waals surface area (Å²) < 4.78 is 5.24. The number of hydrogen-bond donors (Lipinski definition) is 1. The quantitative estimate of drug-likeness (QED) is 0.437. The van der Waals surface area contributed by atoms with Crippen LogP contribution < -0.4 is 5.32 Å². The van der Waals surface area contributed by atoms with Gasteiger partial charge in [0.05, 0.1) is 5.69 Å². The molecule has 5 nitrogen and oxygen atoms in total. The Hall–Kier alpha value is -0.790. The van der Waals surface area contributed by atoms with Gasteiger partial charge in [-0.05, 0) is 44.9 Å². The van der Waals surface area contributed by atoms with Crippen molar-refractivity contribution in [3.8, 4) is 0 Å². The van der Waals surface area contributed by atoms with E-state index < -0.39 is 0 Å². The van der Waals surface area contributed by atoms with Crippen molar-refractivity contribution in [3.05, 3.63) is 17.0 Å². The molecule has 0 amide bonds. The molecule has 136 valence electrons. The second kappa shape index (κ2) is 8.54. The molecule has 1 N–H and O–H groups in total. The summed E-state index contributed by atoms with van der Waals surface area (Å²) in [4.78, 5) is 6.96. The highest BCUT2D eigenvalue weighted by Crippen LogP contribution is 2.43. The Morgan fingerprint density at radius 1 is 1.25 bits per heavy atom. The van der Waals surface area contributed by atoms with Crippen LogP contribution in [0.5, 0.6) is 0 Å². The first-order valence-corrected chi connectivity index (χ1v) is 9.01. The van der Waals surface area contributed by atoms with Crippen LogP contribution in [0.1, 0.15) is 55.5 Å². The van der Waals surface area contributed by atoms with Crippen LogP contribution in [0.2, 0.25) is 0 Å². The highest BCUT2D eigenvalue weighted by atomic mass is 127. The van der Waals surface area contributed by atoms with E-state index in [2.05, 4.69) is 20.4 Å². The Kier molecular flexibility index (Phi) is 6.95. The maximum absolute atomic E-state index is 5.24. The third kappa shape index (κ3) is 4.24. The minimum Gasteiger partial charge on any atom is -0.361 e. The molecule has 2 aliphatic rings. The number of halogens is 1. The summed E-state index contributed by atoms with van der Waals surface area (Å²) in [5.74, 6) is 1.99. The lowest BCUT2D eigenvalue weighted by atomic mass is 9.73. The van der Waals surface area contributed by atoms with Crippen molar-refractivity contribution in [1.29, 1.82) is 0 Å². The second-order valence-electron chi connectivity index (χ2n) is 7.26. The van der Waals surface area contributed by atoms with Crippen molar-refractivity contribution in [3.63, 3.8) is 0 Å². The zero-order chi connectivity index (χ0) is 16.3. The van der Waals surface area contributed by atoms with Crippen molar-refractivity contribution >= 4 is 29.9 Å². The van der Waals surface area contributed by atoms with Crippen molar-refractivity contribution in [1.82, 2.24) is 15.4 Å². The number of nitrogens with zero attached hydrogens (tertiary/aromatic N) is 3. The van der Waals surface area contributed by atoms with Gasteiger partial charge in [0.1, 0.15) is 5.76 Å². The highest BCUT2D eigenvalue weighted by Gasteiger charge is 2.39. The normalized spacial score (nSPS) is 20.3. The van der Waals surface area contributed by atoms with E-state index in [9.17, 15) is 0 Å². The Labute approximate surface area is 162 Å². The summed E-state index contributed by atoms with van der Waals surface area (Å²) >= 11 is 0. The Bertz CT molecular complexity index is 544. The number of nitrogens with one attached hydrogen (secondary N) is 1. The lowest BCUT2D eigenvalue weighted by Gasteiger charge is -2.33.